The maximum absolute atomic E-state index is 12.7. The number of hydrogen-bond acceptors (Lipinski definition) is 2. The van der Waals surface area contributed by atoms with Crippen molar-refractivity contribution in [2.45, 2.75) is 38.0 Å². The van der Waals surface area contributed by atoms with Gasteiger partial charge in [-0.05, 0) is 37.5 Å². The smallest absolute Gasteiger partial charge is 0.332 e. The van der Waals surface area contributed by atoms with Gasteiger partial charge in [-0.2, -0.15) is 13.2 Å². The van der Waals surface area contributed by atoms with Crippen molar-refractivity contribution in [2.24, 2.45) is 5.73 Å². The van der Waals surface area contributed by atoms with Gasteiger partial charge in [0.15, 0.2) is 0 Å². The molecule has 3 nitrogen and oxygen atoms in total. The van der Waals surface area contributed by atoms with Crippen molar-refractivity contribution >= 4 is 5.91 Å². The molecule has 0 aromatic heterocycles. The number of rotatable bonds is 4. The van der Waals surface area contributed by atoms with E-state index in [1.54, 1.807) is 17.9 Å². The van der Waals surface area contributed by atoms with Gasteiger partial charge in [-0.15, -0.1) is 0 Å². The lowest BCUT2D eigenvalue weighted by Crippen LogP contribution is -2.39. The first-order chi connectivity index (χ1) is 9.34. The van der Waals surface area contributed by atoms with E-state index < -0.39 is 17.8 Å². The summed E-state index contributed by atoms with van der Waals surface area (Å²) in [6.07, 6.45) is -2.61. The van der Waals surface area contributed by atoms with Gasteiger partial charge in [-0.3, -0.25) is 4.79 Å². The predicted octanol–water partition coefficient (Wildman–Crippen LogP) is 2.72. The topological polar surface area (TPSA) is 46.3 Å². The molecule has 0 heterocycles. The molecule has 0 bridgehead atoms. The van der Waals surface area contributed by atoms with Gasteiger partial charge >= 0.3 is 6.18 Å². The highest BCUT2D eigenvalue weighted by molar-refractivity contribution is 5.79. The van der Waals surface area contributed by atoms with Crippen molar-refractivity contribution in [3.63, 3.8) is 0 Å². The maximum Gasteiger partial charge on any atom is 0.416 e. The summed E-state index contributed by atoms with van der Waals surface area (Å²) >= 11 is 0. The Bertz CT molecular complexity index is 497. The third-order valence-corrected chi connectivity index (χ3v) is 3.52. The molecule has 0 saturated heterocycles. The Morgan fingerprint density at radius 3 is 2.60 bits per heavy atom. The zero-order valence-corrected chi connectivity index (χ0v) is 11.2. The summed E-state index contributed by atoms with van der Waals surface area (Å²) in [7, 11) is 0. The molecule has 2 rings (SSSR count). The minimum atomic E-state index is -4.38. The van der Waals surface area contributed by atoms with E-state index in [0.717, 1.165) is 25.0 Å². The fraction of sp³-hybridized carbons (Fsp3) is 0.500. The van der Waals surface area contributed by atoms with E-state index >= 15 is 0 Å². The molecule has 2 N–H and O–H groups in total. The van der Waals surface area contributed by atoms with E-state index in [1.807, 2.05) is 0 Å². The third kappa shape index (κ3) is 3.12. The highest BCUT2D eigenvalue weighted by atomic mass is 19.4. The summed E-state index contributed by atoms with van der Waals surface area (Å²) in [4.78, 5) is 13.5. The quantitative estimate of drug-likeness (QED) is 0.925. The van der Waals surface area contributed by atoms with Crippen LogP contribution in [0.4, 0.5) is 13.2 Å². The first kappa shape index (κ1) is 14.8. The first-order valence-electron chi connectivity index (χ1n) is 6.53. The summed E-state index contributed by atoms with van der Waals surface area (Å²) in [6.45, 7) is 1.61. The second-order valence-corrected chi connectivity index (χ2v) is 5.04. The lowest BCUT2D eigenvalue weighted by molar-refractivity contribution is -0.137. The summed E-state index contributed by atoms with van der Waals surface area (Å²) in [6, 6.07) is 4.81. The lowest BCUT2D eigenvalue weighted by atomic mass is 10.0. The molecule has 0 aliphatic heterocycles. The molecule has 1 saturated carbocycles. The zero-order valence-electron chi connectivity index (χ0n) is 11.2. The molecular weight excluding hydrogens is 269 g/mol. The molecule has 1 aromatic rings. The fourth-order valence-corrected chi connectivity index (χ4v) is 2.33. The molecule has 0 unspecified atom stereocenters. The third-order valence-electron chi connectivity index (χ3n) is 3.52. The minimum absolute atomic E-state index is 0.107. The number of nitrogens with two attached hydrogens (primary N) is 1. The van der Waals surface area contributed by atoms with Gasteiger partial charge in [0.2, 0.25) is 5.91 Å². The van der Waals surface area contributed by atoms with Crippen LogP contribution in [0.15, 0.2) is 24.3 Å². The number of carbonyl (C=O) groups excluding carboxylic acids is 1. The van der Waals surface area contributed by atoms with Crippen LogP contribution in [0.2, 0.25) is 0 Å². The average molecular weight is 286 g/mol. The monoisotopic (exact) mass is 286 g/mol. The van der Waals surface area contributed by atoms with E-state index in [0.29, 0.717) is 5.56 Å². The predicted molar refractivity (Wildman–Crippen MR) is 68.8 cm³/mol. The molecular formula is C14H17F3N2O. The SMILES string of the molecule is C[C@@H](c1cccc(C(F)(F)F)c1)N(C(=O)CN)C1CC1. The van der Waals surface area contributed by atoms with Crippen LogP contribution < -0.4 is 5.73 Å². The number of carbonyl (C=O) groups is 1. The van der Waals surface area contributed by atoms with E-state index in [4.69, 9.17) is 5.73 Å². The summed E-state index contributed by atoms with van der Waals surface area (Å²) in [5.74, 6) is -0.225. The van der Waals surface area contributed by atoms with Crippen LogP contribution >= 0.6 is 0 Å². The van der Waals surface area contributed by atoms with Crippen molar-refractivity contribution < 1.29 is 18.0 Å². The molecule has 20 heavy (non-hydrogen) atoms. The summed E-state index contributed by atoms with van der Waals surface area (Å²) < 4.78 is 38.2. The minimum Gasteiger partial charge on any atom is -0.332 e. The highest BCUT2D eigenvalue weighted by Gasteiger charge is 2.36. The Labute approximate surface area is 115 Å². The summed E-state index contributed by atoms with van der Waals surface area (Å²) in [5, 5.41) is 0. The van der Waals surface area contributed by atoms with E-state index in [-0.39, 0.29) is 18.5 Å². The Hall–Kier alpha value is -1.56. The molecule has 1 aliphatic rings. The Balaban J connectivity index is 2.27. The normalized spacial score (nSPS) is 16.9. The molecule has 0 radical (unpaired) electrons. The van der Waals surface area contributed by atoms with Crippen molar-refractivity contribution in [3.05, 3.63) is 35.4 Å². The molecule has 1 fully saturated rings. The standard InChI is InChI=1S/C14H17F3N2O/c1-9(19(12-5-6-12)13(20)8-18)10-3-2-4-11(7-10)14(15,16)17/h2-4,7,9,12H,5-6,8,18H2,1H3/t9-/m0/s1. The second kappa shape index (κ2) is 5.44. The number of alkyl halides is 3. The molecule has 0 spiro atoms. The largest absolute Gasteiger partial charge is 0.416 e. The van der Waals surface area contributed by atoms with Gasteiger partial charge in [-0.1, -0.05) is 12.1 Å². The van der Waals surface area contributed by atoms with Crippen molar-refractivity contribution in [2.75, 3.05) is 6.54 Å². The second-order valence-electron chi connectivity index (χ2n) is 5.04. The van der Waals surface area contributed by atoms with Gasteiger partial charge in [0.1, 0.15) is 0 Å². The molecule has 1 aliphatic carbocycles. The fourth-order valence-electron chi connectivity index (χ4n) is 2.33. The molecule has 110 valence electrons. The van der Waals surface area contributed by atoms with Crippen LogP contribution in [0.5, 0.6) is 0 Å². The number of benzene rings is 1. The summed E-state index contributed by atoms with van der Waals surface area (Å²) in [5.41, 5.74) is 5.17. The van der Waals surface area contributed by atoms with Crippen molar-refractivity contribution in [1.29, 1.82) is 0 Å². The van der Waals surface area contributed by atoms with Gasteiger partial charge < -0.3 is 10.6 Å². The number of nitrogens with zero attached hydrogens (tertiary/aromatic N) is 1. The molecule has 1 aromatic carbocycles. The number of halogens is 3. The Kier molecular flexibility index (Phi) is 4.04. The highest BCUT2D eigenvalue weighted by Crippen LogP contribution is 2.36. The van der Waals surface area contributed by atoms with Crippen LogP contribution in [0, 0.1) is 0 Å². The van der Waals surface area contributed by atoms with Crippen molar-refractivity contribution in [3.8, 4) is 0 Å². The van der Waals surface area contributed by atoms with E-state index in [9.17, 15) is 18.0 Å². The van der Waals surface area contributed by atoms with Crippen LogP contribution in [0.1, 0.15) is 36.9 Å². The number of amides is 1. The average Bonchev–Trinajstić information content (AvgIpc) is 3.22. The Morgan fingerprint density at radius 1 is 1.45 bits per heavy atom. The van der Waals surface area contributed by atoms with Crippen LogP contribution in [0.3, 0.4) is 0 Å². The van der Waals surface area contributed by atoms with Crippen LogP contribution in [-0.2, 0) is 11.0 Å². The molecule has 1 amide bonds. The van der Waals surface area contributed by atoms with Gasteiger partial charge in [-0.25, -0.2) is 0 Å². The molecule has 6 heteroatoms. The van der Waals surface area contributed by atoms with Gasteiger partial charge in [0.05, 0.1) is 18.2 Å². The van der Waals surface area contributed by atoms with E-state index in [2.05, 4.69) is 0 Å². The van der Waals surface area contributed by atoms with Crippen LogP contribution in [-0.4, -0.2) is 23.4 Å². The Morgan fingerprint density at radius 2 is 2.10 bits per heavy atom. The van der Waals surface area contributed by atoms with Gasteiger partial charge in [0, 0.05) is 6.04 Å². The van der Waals surface area contributed by atoms with Crippen molar-refractivity contribution in [1.82, 2.24) is 4.90 Å². The maximum atomic E-state index is 12.7. The number of hydrogen-bond donors (Lipinski definition) is 1. The lowest BCUT2D eigenvalue weighted by Gasteiger charge is -2.29. The zero-order chi connectivity index (χ0) is 14.9. The van der Waals surface area contributed by atoms with E-state index in [1.165, 1.54) is 6.07 Å². The first-order valence-corrected chi connectivity index (χ1v) is 6.53. The van der Waals surface area contributed by atoms with Gasteiger partial charge in [0.25, 0.3) is 0 Å². The molecule has 1 atom stereocenters. The van der Waals surface area contributed by atoms with Crippen LogP contribution in [0.25, 0.3) is 0 Å².